The molecule has 140 valence electrons. The van der Waals surface area contributed by atoms with Crippen molar-refractivity contribution in [3.05, 3.63) is 50.8 Å². The molecule has 0 bridgehead atoms. The maximum Gasteiger partial charge on any atom is 0.262 e. The molecule has 0 unspecified atom stereocenters. The molecule has 1 aromatic carbocycles. The SMILES string of the molecule is O=C(CCn1cnc2sccc2c1=O)NCc1cc(Cl)c2c(c1)OCCO2. The number of rotatable bonds is 5. The van der Waals surface area contributed by atoms with Crippen LogP contribution in [0.15, 0.2) is 34.7 Å². The molecule has 7 nitrogen and oxygen atoms in total. The third-order valence-electron chi connectivity index (χ3n) is 4.18. The fraction of sp³-hybridized carbons (Fsp3) is 0.278. The second-order valence-electron chi connectivity index (χ2n) is 6.01. The van der Waals surface area contributed by atoms with Crippen molar-refractivity contribution >= 4 is 39.1 Å². The summed E-state index contributed by atoms with van der Waals surface area (Å²) in [6, 6.07) is 5.30. The standard InChI is InChI=1S/C18H16ClN3O4S/c19-13-7-11(8-14-16(13)26-5-4-25-14)9-20-15(23)1-3-22-10-21-17-12(18(22)24)2-6-27-17/h2,6-8,10H,1,3-5,9H2,(H,20,23). The third-order valence-corrected chi connectivity index (χ3v) is 5.28. The first-order valence-corrected chi connectivity index (χ1v) is 9.65. The summed E-state index contributed by atoms with van der Waals surface area (Å²) < 4.78 is 12.5. The summed E-state index contributed by atoms with van der Waals surface area (Å²) in [5.74, 6) is 0.951. The van der Waals surface area contributed by atoms with Crippen LogP contribution in [0.2, 0.25) is 5.02 Å². The average molecular weight is 406 g/mol. The average Bonchev–Trinajstić information content (AvgIpc) is 3.15. The molecule has 0 fully saturated rings. The van der Waals surface area contributed by atoms with Gasteiger partial charge in [0.15, 0.2) is 11.5 Å². The van der Waals surface area contributed by atoms with E-state index in [4.69, 9.17) is 21.1 Å². The number of amides is 1. The maximum absolute atomic E-state index is 12.3. The molecule has 3 aromatic rings. The number of carbonyl (C=O) groups is 1. The van der Waals surface area contributed by atoms with Crippen molar-refractivity contribution in [2.75, 3.05) is 13.2 Å². The van der Waals surface area contributed by atoms with Crippen LogP contribution in [0.3, 0.4) is 0 Å². The maximum atomic E-state index is 12.3. The topological polar surface area (TPSA) is 82.5 Å². The number of ether oxygens (including phenoxy) is 2. The van der Waals surface area contributed by atoms with Gasteiger partial charge in [0.25, 0.3) is 5.56 Å². The smallest absolute Gasteiger partial charge is 0.262 e. The minimum atomic E-state index is -0.168. The van der Waals surface area contributed by atoms with Gasteiger partial charge in [-0.1, -0.05) is 11.6 Å². The molecule has 4 rings (SSSR count). The molecule has 1 aliphatic heterocycles. The normalized spacial score (nSPS) is 12.9. The highest BCUT2D eigenvalue weighted by atomic mass is 35.5. The summed E-state index contributed by atoms with van der Waals surface area (Å²) >= 11 is 7.62. The van der Waals surface area contributed by atoms with E-state index in [9.17, 15) is 9.59 Å². The summed E-state index contributed by atoms with van der Waals surface area (Å²) in [6.45, 7) is 1.52. The number of halogens is 1. The fourth-order valence-electron chi connectivity index (χ4n) is 2.83. The van der Waals surface area contributed by atoms with Crippen LogP contribution in [0, 0.1) is 0 Å². The highest BCUT2D eigenvalue weighted by molar-refractivity contribution is 7.16. The molecule has 0 aliphatic carbocycles. The van der Waals surface area contributed by atoms with Gasteiger partial charge in [0.1, 0.15) is 18.0 Å². The molecule has 1 N–H and O–H groups in total. The van der Waals surface area contributed by atoms with Crippen molar-refractivity contribution in [2.45, 2.75) is 19.5 Å². The van der Waals surface area contributed by atoms with E-state index in [0.29, 0.717) is 46.5 Å². The van der Waals surface area contributed by atoms with Crippen LogP contribution in [-0.2, 0) is 17.9 Å². The van der Waals surface area contributed by atoms with Crippen LogP contribution >= 0.6 is 22.9 Å². The Hall–Kier alpha value is -2.58. The zero-order valence-electron chi connectivity index (χ0n) is 14.2. The van der Waals surface area contributed by atoms with Crippen LogP contribution in [-0.4, -0.2) is 28.7 Å². The van der Waals surface area contributed by atoms with Gasteiger partial charge in [0.05, 0.1) is 16.7 Å². The summed E-state index contributed by atoms with van der Waals surface area (Å²) in [5, 5.41) is 5.69. The lowest BCUT2D eigenvalue weighted by Crippen LogP contribution is -2.27. The zero-order chi connectivity index (χ0) is 18.8. The van der Waals surface area contributed by atoms with Gasteiger partial charge in [-0.05, 0) is 29.1 Å². The molecule has 27 heavy (non-hydrogen) atoms. The third kappa shape index (κ3) is 3.77. The van der Waals surface area contributed by atoms with E-state index in [1.54, 1.807) is 18.2 Å². The van der Waals surface area contributed by atoms with Gasteiger partial charge in [-0.25, -0.2) is 4.98 Å². The Kier molecular flexibility index (Phi) is 5.00. The zero-order valence-corrected chi connectivity index (χ0v) is 15.8. The van der Waals surface area contributed by atoms with Gasteiger partial charge in [-0.2, -0.15) is 0 Å². The lowest BCUT2D eigenvalue weighted by Gasteiger charge is -2.20. The van der Waals surface area contributed by atoms with E-state index in [0.717, 1.165) is 5.56 Å². The Morgan fingerprint density at radius 1 is 1.33 bits per heavy atom. The molecular formula is C18H16ClN3O4S. The van der Waals surface area contributed by atoms with E-state index in [-0.39, 0.29) is 24.4 Å². The van der Waals surface area contributed by atoms with E-state index < -0.39 is 0 Å². The second-order valence-corrected chi connectivity index (χ2v) is 7.31. The van der Waals surface area contributed by atoms with Crippen LogP contribution in [0.25, 0.3) is 10.2 Å². The van der Waals surface area contributed by atoms with Gasteiger partial charge in [-0.3, -0.25) is 14.2 Å². The fourth-order valence-corrected chi connectivity index (χ4v) is 3.84. The summed E-state index contributed by atoms with van der Waals surface area (Å²) in [7, 11) is 0. The number of fused-ring (bicyclic) bond motifs is 2. The quantitative estimate of drug-likeness (QED) is 0.705. The Balaban J connectivity index is 1.36. The molecule has 3 heterocycles. The van der Waals surface area contributed by atoms with Crippen LogP contribution in [0.5, 0.6) is 11.5 Å². The molecular weight excluding hydrogens is 390 g/mol. The minimum absolute atomic E-state index is 0.132. The van der Waals surface area contributed by atoms with Crippen molar-refractivity contribution in [1.82, 2.24) is 14.9 Å². The number of thiophene rings is 1. The number of nitrogens with zero attached hydrogens (tertiary/aromatic N) is 2. The number of carbonyl (C=O) groups excluding carboxylic acids is 1. The molecule has 9 heteroatoms. The lowest BCUT2D eigenvalue weighted by molar-refractivity contribution is -0.121. The Morgan fingerprint density at radius 3 is 3.07 bits per heavy atom. The van der Waals surface area contributed by atoms with Crippen molar-refractivity contribution in [3.63, 3.8) is 0 Å². The van der Waals surface area contributed by atoms with Crippen molar-refractivity contribution in [1.29, 1.82) is 0 Å². The Labute approximate surface area is 163 Å². The first-order valence-electron chi connectivity index (χ1n) is 8.39. The monoisotopic (exact) mass is 405 g/mol. The Bertz CT molecular complexity index is 1060. The molecule has 1 aliphatic rings. The van der Waals surface area contributed by atoms with Gasteiger partial charge in [0.2, 0.25) is 5.91 Å². The van der Waals surface area contributed by atoms with E-state index in [2.05, 4.69) is 10.3 Å². The number of benzene rings is 1. The molecule has 0 saturated heterocycles. The molecule has 2 aromatic heterocycles. The largest absolute Gasteiger partial charge is 0.486 e. The number of hydrogen-bond acceptors (Lipinski definition) is 6. The lowest BCUT2D eigenvalue weighted by atomic mass is 10.2. The van der Waals surface area contributed by atoms with Gasteiger partial charge in [0, 0.05) is 19.5 Å². The first kappa shape index (κ1) is 17.8. The molecule has 1 amide bonds. The first-order chi connectivity index (χ1) is 13.1. The molecule has 0 radical (unpaired) electrons. The van der Waals surface area contributed by atoms with Crippen molar-refractivity contribution in [2.24, 2.45) is 0 Å². The number of aromatic nitrogens is 2. The van der Waals surface area contributed by atoms with Gasteiger partial charge >= 0.3 is 0 Å². The van der Waals surface area contributed by atoms with E-state index in [1.165, 1.54) is 22.2 Å². The summed E-state index contributed by atoms with van der Waals surface area (Å²) in [4.78, 5) is 29.4. The second kappa shape index (κ2) is 7.58. The Morgan fingerprint density at radius 2 is 2.19 bits per heavy atom. The van der Waals surface area contributed by atoms with Gasteiger partial charge in [-0.15, -0.1) is 11.3 Å². The van der Waals surface area contributed by atoms with Gasteiger partial charge < -0.3 is 14.8 Å². The van der Waals surface area contributed by atoms with Crippen molar-refractivity contribution < 1.29 is 14.3 Å². The highest BCUT2D eigenvalue weighted by Gasteiger charge is 2.17. The van der Waals surface area contributed by atoms with Crippen LogP contribution in [0.4, 0.5) is 0 Å². The number of nitrogens with one attached hydrogen (secondary N) is 1. The van der Waals surface area contributed by atoms with Crippen LogP contribution < -0.4 is 20.3 Å². The number of aryl methyl sites for hydroxylation is 1. The predicted molar refractivity (Wildman–Crippen MR) is 103 cm³/mol. The molecule has 0 saturated carbocycles. The highest BCUT2D eigenvalue weighted by Crippen LogP contribution is 2.38. The summed E-state index contributed by atoms with van der Waals surface area (Å²) in [6.07, 6.45) is 1.66. The number of hydrogen-bond donors (Lipinski definition) is 1. The van der Waals surface area contributed by atoms with Crippen molar-refractivity contribution in [3.8, 4) is 11.5 Å². The summed E-state index contributed by atoms with van der Waals surface area (Å²) in [5.41, 5.74) is 0.684. The van der Waals surface area contributed by atoms with E-state index >= 15 is 0 Å². The predicted octanol–water partition coefficient (Wildman–Crippen LogP) is 2.59. The molecule has 0 atom stereocenters. The van der Waals surface area contributed by atoms with E-state index in [1.807, 2.05) is 5.38 Å². The minimum Gasteiger partial charge on any atom is -0.486 e. The van der Waals surface area contributed by atoms with Crippen LogP contribution in [0.1, 0.15) is 12.0 Å². The molecule has 0 spiro atoms.